The lowest BCUT2D eigenvalue weighted by atomic mass is 10.0. The lowest BCUT2D eigenvalue weighted by Crippen LogP contribution is -2.49. The highest BCUT2D eigenvalue weighted by molar-refractivity contribution is 5.20. The second-order valence-corrected chi connectivity index (χ2v) is 3.80. The molecule has 1 aliphatic heterocycles. The van der Waals surface area contributed by atoms with Gasteiger partial charge in [0.15, 0.2) is 0 Å². The average molecular weight is 212 g/mol. The molecule has 1 aromatic rings. The third-order valence-electron chi connectivity index (χ3n) is 2.60. The van der Waals surface area contributed by atoms with E-state index in [1.165, 1.54) is 12.1 Å². The maximum Gasteiger partial charge on any atom is 0.126 e. The molecule has 1 heterocycles. The number of hydrogen-bond donors (Lipinski definition) is 2. The molecule has 4 heteroatoms. The first-order valence-electron chi connectivity index (χ1n) is 5.14. The lowest BCUT2D eigenvalue weighted by Gasteiger charge is -2.24. The van der Waals surface area contributed by atoms with Crippen molar-refractivity contribution in [2.75, 3.05) is 19.6 Å². The van der Waals surface area contributed by atoms with E-state index in [1.54, 1.807) is 0 Å². The number of benzene rings is 1. The second-order valence-electron chi connectivity index (χ2n) is 3.80. The Morgan fingerprint density at radius 2 is 2.13 bits per heavy atom. The molecule has 0 aliphatic carbocycles. The van der Waals surface area contributed by atoms with Gasteiger partial charge in [0, 0.05) is 25.7 Å². The molecule has 1 aromatic carbocycles. The van der Waals surface area contributed by atoms with Crippen molar-refractivity contribution in [1.29, 1.82) is 0 Å². The van der Waals surface area contributed by atoms with E-state index in [9.17, 15) is 8.78 Å². The quantitative estimate of drug-likeness (QED) is 0.766. The van der Waals surface area contributed by atoms with Crippen LogP contribution in [0.3, 0.4) is 0 Å². The molecule has 1 saturated heterocycles. The number of hydrogen-bond acceptors (Lipinski definition) is 2. The molecule has 0 spiro atoms. The Morgan fingerprint density at radius 3 is 2.87 bits per heavy atom. The summed E-state index contributed by atoms with van der Waals surface area (Å²) >= 11 is 0. The first kappa shape index (κ1) is 10.5. The Hall–Kier alpha value is -1.00. The minimum Gasteiger partial charge on any atom is -0.314 e. The molecule has 2 nitrogen and oxygen atoms in total. The van der Waals surface area contributed by atoms with E-state index in [1.807, 2.05) is 0 Å². The van der Waals surface area contributed by atoms with Crippen molar-refractivity contribution < 1.29 is 8.78 Å². The first-order valence-corrected chi connectivity index (χ1v) is 5.14. The van der Waals surface area contributed by atoms with Crippen molar-refractivity contribution in [3.8, 4) is 0 Å². The predicted octanol–water partition coefficient (Wildman–Crippen LogP) is 1.07. The zero-order valence-electron chi connectivity index (χ0n) is 8.39. The van der Waals surface area contributed by atoms with Crippen LogP contribution in [0, 0.1) is 11.6 Å². The highest BCUT2D eigenvalue weighted by Gasteiger charge is 2.14. The number of halogens is 2. The number of piperazine rings is 1. The van der Waals surface area contributed by atoms with Gasteiger partial charge < -0.3 is 10.6 Å². The standard InChI is InChI=1S/C11H14F2N2/c12-9-1-2-11(13)8(5-9)6-10-7-14-3-4-15-10/h1-2,5,10,14-15H,3-4,6-7H2/t10-/m1/s1. The highest BCUT2D eigenvalue weighted by Crippen LogP contribution is 2.12. The van der Waals surface area contributed by atoms with Gasteiger partial charge in [-0.3, -0.25) is 0 Å². The molecular weight excluding hydrogens is 198 g/mol. The predicted molar refractivity (Wildman–Crippen MR) is 54.7 cm³/mol. The molecule has 0 amide bonds. The molecule has 0 unspecified atom stereocenters. The van der Waals surface area contributed by atoms with E-state index < -0.39 is 0 Å². The smallest absolute Gasteiger partial charge is 0.126 e. The Kier molecular flexibility index (Phi) is 3.28. The largest absolute Gasteiger partial charge is 0.314 e. The van der Waals surface area contributed by atoms with E-state index in [-0.39, 0.29) is 17.7 Å². The Bertz CT molecular complexity index is 335. The van der Waals surface area contributed by atoms with Crippen LogP contribution in [-0.4, -0.2) is 25.7 Å². The molecule has 2 rings (SSSR count). The van der Waals surface area contributed by atoms with Gasteiger partial charge in [-0.15, -0.1) is 0 Å². The van der Waals surface area contributed by atoms with Gasteiger partial charge in [0.2, 0.25) is 0 Å². The van der Waals surface area contributed by atoms with Gasteiger partial charge in [-0.25, -0.2) is 8.78 Å². The Labute approximate surface area is 87.7 Å². The lowest BCUT2D eigenvalue weighted by molar-refractivity contribution is 0.411. The summed E-state index contributed by atoms with van der Waals surface area (Å²) in [4.78, 5) is 0. The third kappa shape index (κ3) is 2.73. The van der Waals surface area contributed by atoms with Crippen molar-refractivity contribution in [3.05, 3.63) is 35.4 Å². The molecule has 82 valence electrons. The zero-order chi connectivity index (χ0) is 10.7. The van der Waals surface area contributed by atoms with Crippen LogP contribution in [0.4, 0.5) is 8.78 Å². The average Bonchev–Trinajstić information content (AvgIpc) is 2.25. The van der Waals surface area contributed by atoms with Crippen LogP contribution >= 0.6 is 0 Å². The van der Waals surface area contributed by atoms with Crippen LogP contribution in [0.25, 0.3) is 0 Å². The van der Waals surface area contributed by atoms with Gasteiger partial charge in [-0.05, 0) is 30.2 Å². The van der Waals surface area contributed by atoms with Gasteiger partial charge in [0.25, 0.3) is 0 Å². The second kappa shape index (κ2) is 4.68. The van der Waals surface area contributed by atoms with Gasteiger partial charge in [0.05, 0.1) is 0 Å². The fourth-order valence-electron chi connectivity index (χ4n) is 1.82. The maximum atomic E-state index is 13.3. The topological polar surface area (TPSA) is 24.1 Å². The van der Waals surface area contributed by atoms with Crippen LogP contribution in [0.2, 0.25) is 0 Å². The highest BCUT2D eigenvalue weighted by atomic mass is 19.1. The fraction of sp³-hybridized carbons (Fsp3) is 0.455. The number of nitrogens with one attached hydrogen (secondary N) is 2. The van der Waals surface area contributed by atoms with Crippen LogP contribution in [-0.2, 0) is 6.42 Å². The van der Waals surface area contributed by atoms with E-state index in [0.29, 0.717) is 12.0 Å². The third-order valence-corrected chi connectivity index (χ3v) is 2.60. The van der Waals surface area contributed by atoms with Crippen molar-refractivity contribution >= 4 is 0 Å². The molecule has 15 heavy (non-hydrogen) atoms. The van der Waals surface area contributed by atoms with E-state index in [0.717, 1.165) is 25.7 Å². The summed E-state index contributed by atoms with van der Waals surface area (Å²) in [6.07, 6.45) is 0.524. The van der Waals surface area contributed by atoms with Crippen LogP contribution in [0.15, 0.2) is 18.2 Å². The summed E-state index contributed by atoms with van der Waals surface area (Å²) in [6, 6.07) is 3.79. The summed E-state index contributed by atoms with van der Waals surface area (Å²) in [7, 11) is 0. The van der Waals surface area contributed by atoms with Crippen LogP contribution < -0.4 is 10.6 Å². The molecule has 0 aromatic heterocycles. The molecule has 1 fully saturated rings. The minimum absolute atomic E-state index is 0.190. The summed E-state index contributed by atoms with van der Waals surface area (Å²) in [5, 5.41) is 6.47. The summed E-state index contributed by atoms with van der Waals surface area (Å²) in [5.74, 6) is -0.709. The summed E-state index contributed by atoms with van der Waals surface area (Å²) < 4.78 is 26.2. The van der Waals surface area contributed by atoms with Crippen molar-refractivity contribution in [3.63, 3.8) is 0 Å². The van der Waals surface area contributed by atoms with Crippen molar-refractivity contribution in [2.24, 2.45) is 0 Å². The normalized spacial score (nSPS) is 21.6. The van der Waals surface area contributed by atoms with Gasteiger partial charge in [0.1, 0.15) is 11.6 Å². The van der Waals surface area contributed by atoms with Crippen molar-refractivity contribution in [2.45, 2.75) is 12.5 Å². The minimum atomic E-state index is -0.379. The molecule has 0 radical (unpaired) electrons. The van der Waals surface area contributed by atoms with E-state index >= 15 is 0 Å². The molecule has 2 N–H and O–H groups in total. The number of rotatable bonds is 2. The zero-order valence-corrected chi connectivity index (χ0v) is 8.39. The van der Waals surface area contributed by atoms with E-state index in [2.05, 4.69) is 10.6 Å². The van der Waals surface area contributed by atoms with E-state index in [4.69, 9.17) is 0 Å². The molecule has 0 bridgehead atoms. The van der Waals surface area contributed by atoms with Crippen molar-refractivity contribution in [1.82, 2.24) is 10.6 Å². The van der Waals surface area contributed by atoms with Crippen LogP contribution in [0.5, 0.6) is 0 Å². The Morgan fingerprint density at radius 1 is 1.27 bits per heavy atom. The summed E-state index contributed by atoms with van der Waals surface area (Å²) in [6.45, 7) is 2.61. The summed E-state index contributed by atoms with van der Waals surface area (Å²) in [5.41, 5.74) is 0.441. The molecule has 1 atom stereocenters. The van der Waals surface area contributed by atoms with Gasteiger partial charge in [-0.1, -0.05) is 0 Å². The molecule has 1 aliphatic rings. The molecular formula is C11H14F2N2. The maximum absolute atomic E-state index is 13.3. The monoisotopic (exact) mass is 212 g/mol. The molecule has 0 saturated carbocycles. The van der Waals surface area contributed by atoms with Gasteiger partial charge >= 0.3 is 0 Å². The fourth-order valence-corrected chi connectivity index (χ4v) is 1.82. The van der Waals surface area contributed by atoms with Gasteiger partial charge in [-0.2, -0.15) is 0 Å². The SMILES string of the molecule is Fc1ccc(F)c(C[C@@H]2CNCCN2)c1. The first-order chi connectivity index (χ1) is 7.25. The van der Waals surface area contributed by atoms with Crippen LogP contribution in [0.1, 0.15) is 5.56 Å². The Balaban J connectivity index is 2.05.